The number of carbonyl (C=O) groups excluding carboxylic acids is 6. The highest BCUT2D eigenvalue weighted by atomic mass is 32.1. The molecule has 0 aromatic carbocycles. The van der Waals surface area contributed by atoms with Crippen LogP contribution in [0.15, 0.2) is 0 Å². The first kappa shape index (κ1) is 44.2. The molecule has 5 atom stereocenters. The molecule has 0 spiro atoms. The van der Waals surface area contributed by atoms with Crippen molar-refractivity contribution < 1.29 is 38.7 Å². The van der Waals surface area contributed by atoms with Crippen molar-refractivity contribution in [1.82, 2.24) is 37.2 Å². The average molecular weight is 722 g/mol. The zero-order valence-electron chi connectivity index (χ0n) is 27.4. The van der Waals surface area contributed by atoms with Gasteiger partial charge in [0.2, 0.25) is 35.4 Å². The third-order valence-corrected chi connectivity index (χ3v) is 7.54. The van der Waals surface area contributed by atoms with Gasteiger partial charge < -0.3 is 59.5 Å². The van der Waals surface area contributed by atoms with Gasteiger partial charge in [-0.3, -0.25) is 34.2 Å². The number of rotatable bonds is 24. The van der Waals surface area contributed by atoms with E-state index in [0.29, 0.717) is 19.4 Å². The second kappa shape index (κ2) is 22.7. The van der Waals surface area contributed by atoms with Gasteiger partial charge in [-0.25, -0.2) is 4.79 Å². The molecule has 0 aliphatic carbocycles. The molecule has 0 aromatic rings. The quantitative estimate of drug-likeness (QED) is 0.0195. The van der Waals surface area contributed by atoms with Crippen LogP contribution in [0.25, 0.3) is 0 Å². The Hall–Kier alpha value is -3.82. The number of carbonyl (C=O) groups is 7. The van der Waals surface area contributed by atoms with Crippen LogP contribution in [-0.2, 0) is 33.6 Å². The molecule has 0 aliphatic rings. The summed E-state index contributed by atoms with van der Waals surface area (Å²) in [7, 11) is 1.77. The molecule has 0 saturated carbocycles. The van der Waals surface area contributed by atoms with Crippen LogP contribution in [-0.4, -0.2) is 120 Å². The van der Waals surface area contributed by atoms with Crippen LogP contribution >= 0.6 is 25.3 Å². The van der Waals surface area contributed by atoms with Gasteiger partial charge in [-0.2, -0.15) is 25.3 Å². The number of aliphatic carboxylic acids is 1. The molecule has 6 amide bonds. The van der Waals surface area contributed by atoms with Gasteiger partial charge in [0.05, 0.1) is 12.5 Å². The highest BCUT2D eigenvalue weighted by Gasteiger charge is 2.37. The van der Waals surface area contributed by atoms with Crippen LogP contribution < -0.4 is 54.4 Å². The lowest BCUT2D eigenvalue weighted by Crippen LogP contribution is -2.63. The van der Waals surface area contributed by atoms with E-state index in [-0.39, 0.29) is 43.3 Å². The van der Waals surface area contributed by atoms with Gasteiger partial charge >= 0.3 is 5.97 Å². The number of carboxylic acid groups (broad SMARTS) is 1. The summed E-state index contributed by atoms with van der Waals surface area (Å²) in [5.74, 6) is -6.98. The predicted molar refractivity (Wildman–Crippen MR) is 184 cm³/mol. The molecule has 0 saturated heterocycles. The number of guanidine groups is 1. The van der Waals surface area contributed by atoms with Crippen molar-refractivity contribution >= 4 is 72.6 Å². The number of amides is 6. The second-order valence-electron chi connectivity index (χ2n) is 11.4. The Morgan fingerprint density at radius 1 is 0.750 bits per heavy atom. The Morgan fingerprint density at radius 3 is 1.81 bits per heavy atom. The maximum atomic E-state index is 13.5. The van der Waals surface area contributed by atoms with Crippen LogP contribution in [0.4, 0.5) is 0 Å². The summed E-state index contributed by atoms with van der Waals surface area (Å²) in [4.78, 5) is 88.4. The summed E-state index contributed by atoms with van der Waals surface area (Å²) in [6.45, 7) is 3.44. The molecule has 0 bridgehead atoms. The SMILES string of the molecule is CNCCCC[C@H](NC(=O)[C@@H](N)CS)C(=O)N[C@@H](CCCNC(=N)N)C(=O)NC(C)(C)C(=O)N[C@@H](CC(N)=O)C(=O)N[C@@H](CS)C(=O)O. The highest BCUT2D eigenvalue weighted by Crippen LogP contribution is 2.09. The van der Waals surface area contributed by atoms with Crippen molar-refractivity contribution in [3.63, 3.8) is 0 Å². The Morgan fingerprint density at radius 2 is 1.29 bits per heavy atom. The fourth-order valence-corrected chi connectivity index (χ4v) is 4.42. The number of thiol groups is 2. The maximum absolute atomic E-state index is 13.5. The molecule has 15 N–H and O–H groups in total. The number of carboxylic acids is 1. The number of hydrogen-bond acceptors (Lipinski definition) is 12. The van der Waals surface area contributed by atoms with Gasteiger partial charge in [0.15, 0.2) is 5.96 Å². The molecule has 0 aromatic heterocycles. The maximum Gasteiger partial charge on any atom is 0.327 e. The number of unbranched alkanes of at least 4 members (excludes halogenated alkanes) is 1. The van der Waals surface area contributed by atoms with Crippen LogP contribution in [0.2, 0.25) is 0 Å². The first-order valence-electron chi connectivity index (χ1n) is 15.1. The minimum atomic E-state index is -1.75. The van der Waals surface area contributed by atoms with Crippen molar-refractivity contribution in [3.8, 4) is 0 Å². The van der Waals surface area contributed by atoms with E-state index >= 15 is 0 Å². The molecule has 21 heteroatoms. The van der Waals surface area contributed by atoms with Crippen LogP contribution in [0.1, 0.15) is 52.4 Å². The molecular formula is C27H51N11O8S2. The molecule has 48 heavy (non-hydrogen) atoms. The normalized spacial score (nSPS) is 14.2. The van der Waals surface area contributed by atoms with Gasteiger partial charge in [-0.05, 0) is 59.5 Å². The summed E-state index contributed by atoms with van der Waals surface area (Å²) in [6.07, 6.45) is 1.04. The van der Waals surface area contributed by atoms with Crippen molar-refractivity contribution in [3.05, 3.63) is 0 Å². The van der Waals surface area contributed by atoms with E-state index in [1.54, 1.807) is 7.05 Å². The molecule has 19 nitrogen and oxygen atoms in total. The molecular weight excluding hydrogens is 671 g/mol. The lowest BCUT2D eigenvalue weighted by molar-refractivity contribution is -0.142. The van der Waals surface area contributed by atoms with E-state index in [4.69, 9.17) is 22.6 Å². The molecule has 0 unspecified atom stereocenters. The molecule has 0 radical (unpaired) electrons. The summed E-state index contributed by atoms with van der Waals surface area (Å²) < 4.78 is 0. The Labute approximate surface area is 290 Å². The molecule has 0 fully saturated rings. The number of nitrogens with two attached hydrogens (primary N) is 3. The molecule has 274 valence electrons. The minimum Gasteiger partial charge on any atom is -0.480 e. The van der Waals surface area contributed by atoms with E-state index in [9.17, 15) is 38.7 Å². The van der Waals surface area contributed by atoms with Crippen molar-refractivity contribution in [2.45, 2.75) is 88.1 Å². The standard InChI is InChI=1S/C27H51N11O8S2/c1-27(2,25(46)37-17(11-19(29)39)22(42)36-18(13-48)24(44)45)38-23(43)16(8-6-10-33-26(30)31)35-21(41)15(7-4-5-9-32-3)34-20(40)14(28)12-47/h14-18,32,47-48H,4-13,28H2,1-3H3,(H2,29,39)(H,34,40)(H,35,41)(H,36,42)(H,37,46)(H,38,43)(H,44,45)(H4,30,31,33)/t14-,15-,16-,17-,18-/m0/s1. The molecule has 0 heterocycles. The lowest BCUT2D eigenvalue weighted by atomic mass is 10.0. The third-order valence-electron chi connectivity index (χ3n) is 6.78. The largest absolute Gasteiger partial charge is 0.480 e. The summed E-state index contributed by atoms with van der Waals surface area (Å²) in [6, 6.07) is -6.29. The highest BCUT2D eigenvalue weighted by molar-refractivity contribution is 7.80. The number of hydrogen-bond donors (Lipinski definition) is 14. The van der Waals surface area contributed by atoms with Crippen molar-refractivity contribution in [1.29, 1.82) is 5.41 Å². The van der Waals surface area contributed by atoms with Gasteiger partial charge in [-0.1, -0.05) is 0 Å². The van der Waals surface area contributed by atoms with Crippen LogP contribution in [0.3, 0.4) is 0 Å². The Balaban J connectivity index is 6.03. The van der Waals surface area contributed by atoms with Crippen molar-refractivity contribution in [2.24, 2.45) is 17.2 Å². The van der Waals surface area contributed by atoms with E-state index in [0.717, 1.165) is 0 Å². The van der Waals surface area contributed by atoms with E-state index in [2.05, 4.69) is 62.5 Å². The molecule has 0 aliphatic heterocycles. The smallest absolute Gasteiger partial charge is 0.327 e. The number of primary amides is 1. The Bertz CT molecular complexity index is 1140. The first-order valence-corrected chi connectivity index (χ1v) is 16.4. The van der Waals surface area contributed by atoms with Gasteiger partial charge in [-0.15, -0.1) is 0 Å². The zero-order chi connectivity index (χ0) is 37.0. The van der Waals surface area contributed by atoms with Crippen LogP contribution in [0, 0.1) is 5.41 Å². The molecule has 0 rings (SSSR count). The van der Waals surface area contributed by atoms with E-state index < -0.39 is 83.6 Å². The minimum absolute atomic E-state index is 0.0130. The third kappa shape index (κ3) is 17.4. The fourth-order valence-electron chi connectivity index (χ4n) is 4.01. The van der Waals surface area contributed by atoms with Crippen molar-refractivity contribution in [2.75, 3.05) is 31.6 Å². The fraction of sp³-hybridized carbons (Fsp3) is 0.704. The van der Waals surface area contributed by atoms with E-state index in [1.807, 2.05) is 0 Å². The summed E-state index contributed by atoms with van der Waals surface area (Å²) >= 11 is 7.89. The first-order chi connectivity index (χ1) is 22.4. The lowest BCUT2D eigenvalue weighted by Gasteiger charge is -2.30. The number of nitrogens with one attached hydrogen (secondary N) is 8. The zero-order valence-corrected chi connectivity index (χ0v) is 29.2. The van der Waals surface area contributed by atoms with Crippen LogP contribution in [0.5, 0.6) is 0 Å². The Kier molecular flexibility index (Phi) is 20.9. The average Bonchev–Trinajstić information content (AvgIpc) is 3.00. The predicted octanol–water partition coefficient (Wildman–Crippen LogP) is -4.38. The van der Waals surface area contributed by atoms with Gasteiger partial charge in [0.1, 0.15) is 29.7 Å². The van der Waals surface area contributed by atoms with Gasteiger partial charge in [0, 0.05) is 18.1 Å². The van der Waals surface area contributed by atoms with Gasteiger partial charge in [0.25, 0.3) is 0 Å². The summed E-state index contributed by atoms with van der Waals surface area (Å²) in [5, 5.41) is 34.3. The topological polar surface area (TPSA) is 326 Å². The van der Waals surface area contributed by atoms with E-state index in [1.165, 1.54) is 13.8 Å². The monoisotopic (exact) mass is 721 g/mol. The summed E-state index contributed by atoms with van der Waals surface area (Å²) in [5.41, 5.74) is 14.6. The second-order valence-corrected chi connectivity index (χ2v) is 12.1.